The summed E-state index contributed by atoms with van der Waals surface area (Å²) in [7, 11) is 0. The molecule has 3 rings (SSSR count). The number of hydrogen-bond acceptors (Lipinski definition) is 3. The highest BCUT2D eigenvalue weighted by atomic mass is 16.5. The van der Waals surface area contributed by atoms with Crippen molar-refractivity contribution < 1.29 is 14.3 Å². The number of nitrogens with zero attached hydrogens (tertiary/aromatic N) is 1. The van der Waals surface area contributed by atoms with Gasteiger partial charge in [0.1, 0.15) is 5.75 Å². The van der Waals surface area contributed by atoms with Gasteiger partial charge in [0.15, 0.2) is 6.61 Å². The molecule has 1 aliphatic rings. The second-order valence-electron chi connectivity index (χ2n) is 6.72. The number of fused-ring (bicyclic) bond motifs is 1. The lowest BCUT2D eigenvalue weighted by Crippen LogP contribution is -2.38. The number of amides is 2. The Morgan fingerprint density at radius 1 is 1.27 bits per heavy atom. The Morgan fingerprint density at radius 2 is 2.08 bits per heavy atom. The molecule has 0 fully saturated rings. The number of carbonyl (C=O) groups excluding carboxylic acids is 2. The third-order valence-electron chi connectivity index (χ3n) is 4.58. The van der Waals surface area contributed by atoms with E-state index >= 15 is 0 Å². The second kappa shape index (κ2) is 7.60. The van der Waals surface area contributed by atoms with E-state index in [9.17, 15) is 9.59 Å². The maximum absolute atomic E-state index is 12.4. The van der Waals surface area contributed by atoms with E-state index in [1.807, 2.05) is 57.2 Å². The van der Waals surface area contributed by atoms with E-state index in [1.165, 1.54) is 0 Å². The van der Waals surface area contributed by atoms with Crippen LogP contribution >= 0.6 is 0 Å². The Kier molecular flexibility index (Phi) is 5.26. The minimum Gasteiger partial charge on any atom is -0.482 e. The van der Waals surface area contributed by atoms with Crippen LogP contribution < -0.4 is 15.0 Å². The van der Waals surface area contributed by atoms with Crippen molar-refractivity contribution in [3.63, 3.8) is 0 Å². The summed E-state index contributed by atoms with van der Waals surface area (Å²) in [6.07, 6.45) is 0.879. The molecule has 26 heavy (non-hydrogen) atoms. The molecule has 5 heteroatoms. The Balaban J connectivity index is 1.83. The number of aryl methyl sites for hydroxylation is 1. The number of benzene rings is 2. The standard InChI is InChI=1S/C21H24N2O3/c1-4-15(3)22-21(25)17-7-5-6-16(11-17)12-23-18-10-14(2)8-9-19(18)26-13-20(23)24/h5-11,15H,4,12-13H2,1-3H3,(H,22,25)/t15-/m0/s1. The molecule has 0 saturated carbocycles. The number of rotatable bonds is 5. The Hall–Kier alpha value is -2.82. The van der Waals surface area contributed by atoms with Gasteiger partial charge >= 0.3 is 0 Å². The van der Waals surface area contributed by atoms with Crippen molar-refractivity contribution in [3.05, 3.63) is 59.2 Å². The van der Waals surface area contributed by atoms with Gasteiger partial charge in [-0.25, -0.2) is 0 Å². The highest BCUT2D eigenvalue weighted by Gasteiger charge is 2.25. The first-order valence-electron chi connectivity index (χ1n) is 8.91. The van der Waals surface area contributed by atoms with Gasteiger partial charge in [0.2, 0.25) is 0 Å². The van der Waals surface area contributed by atoms with E-state index in [0.717, 1.165) is 23.2 Å². The lowest BCUT2D eigenvalue weighted by atomic mass is 10.1. The molecule has 0 bridgehead atoms. The Labute approximate surface area is 154 Å². The number of nitrogens with one attached hydrogen (secondary N) is 1. The van der Waals surface area contributed by atoms with Gasteiger partial charge in [-0.3, -0.25) is 9.59 Å². The molecular formula is C21H24N2O3. The van der Waals surface area contributed by atoms with Crippen LogP contribution in [0.5, 0.6) is 5.75 Å². The molecule has 0 spiro atoms. The van der Waals surface area contributed by atoms with Gasteiger partial charge in [-0.05, 0) is 55.7 Å². The molecule has 1 aliphatic heterocycles. The molecule has 1 atom stereocenters. The van der Waals surface area contributed by atoms with Gasteiger partial charge in [0.05, 0.1) is 12.2 Å². The minimum atomic E-state index is -0.0919. The van der Waals surface area contributed by atoms with Gasteiger partial charge in [0, 0.05) is 11.6 Å². The van der Waals surface area contributed by atoms with Gasteiger partial charge in [0.25, 0.3) is 11.8 Å². The topological polar surface area (TPSA) is 58.6 Å². The monoisotopic (exact) mass is 352 g/mol. The summed E-state index contributed by atoms with van der Waals surface area (Å²) in [5.74, 6) is 0.532. The fraction of sp³-hybridized carbons (Fsp3) is 0.333. The van der Waals surface area contributed by atoms with Crippen LogP contribution in [0.1, 0.15) is 41.8 Å². The number of carbonyl (C=O) groups is 2. The van der Waals surface area contributed by atoms with Crippen LogP contribution in [0.25, 0.3) is 0 Å². The zero-order chi connectivity index (χ0) is 18.7. The van der Waals surface area contributed by atoms with Crippen molar-refractivity contribution in [2.45, 2.75) is 39.8 Å². The number of ether oxygens (including phenoxy) is 1. The fourth-order valence-corrected chi connectivity index (χ4v) is 2.89. The summed E-state index contributed by atoms with van der Waals surface area (Å²) in [6, 6.07) is 13.3. The smallest absolute Gasteiger partial charge is 0.265 e. The third kappa shape index (κ3) is 3.87. The van der Waals surface area contributed by atoms with Crippen molar-refractivity contribution in [3.8, 4) is 5.75 Å². The Morgan fingerprint density at radius 3 is 2.85 bits per heavy atom. The first-order valence-corrected chi connectivity index (χ1v) is 8.91. The number of anilines is 1. The summed E-state index contributed by atoms with van der Waals surface area (Å²) in [5, 5.41) is 2.97. The SMILES string of the molecule is CC[C@H](C)NC(=O)c1cccc(CN2C(=O)COc3ccc(C)cc32)c1. The molecule has 136 valence electrons. The molecule has 2 amide bonds. The predicted molar refractivity (Wildman–Crippen MR) is 102 cm³/mol. The van der Waals surface area contributed by atoms with Crippen LogP contribution in [0.3, 0.4) is 0 Å². The second-order valence-corrected chi connectivity index (χ2v) is 6.72. The lowest BCUT2D eigenvalue weighted by Gasteiger charge is -2.30. The largest absolute Gasteiger partial charge is 0.482 e. The van der Waals surface area contributed by atoms with Crippen LogP contribution in [0, 0.1) is 6.92 Å². The average Bonchev–Trinajstić information content (AvgIpc) is 2.64. The van der Waals surface area contributed by atoms with E-state index in [2.05, 4.69) is 5.32 Å². The molecule has 0 saturated heterocycles. The lowest BCUT2D eigenvalue weighted by molar-refractivity contribution is -0.121. The molecule has 5 nitrogen and oxygen atoms in total. The molecule has 0 aromatic heterocycles. The predicted octanol–water partition coefficient (Wildman–Crippen LogP) is 3.45. The van der Waals surface area contributed by atoms with Crippen LogP contribution in [-0.2, 0) is 11.3 Å². The van der Waals surface area contributed by atoms with E-state index in [4.69, 9.17) is 4.74 Å². The van der Waals surface area contributed by atoms with Crippen molar-refractivity contribution in [2.75, 3.05) is 11.5 Å². The van der Waals surface area contributed by atoms with Crippen molar-refractivity contribution in [1.82, 2.24) is 5.32 Å². The van der Waals surface area contributed by atoms with E-state index in [0.29, 0.717) is 17.9 Å². The van der Waals surface area contributed by atoms with E-state index in [1.54, 1.807) is 11.0 Å². The zero-order valence-corrected chi connectivity index (χ0v) is 15.4. The summed E-state index contributed by atoms with van der Waals surface area (Å²) >= 11 is 0. The van der Waals surface area contributed by atoms with Crippen molar-refractivity contribution in [2.24, 2.45) is 0 Å². The van der Waals surface area contributed by atoms with Crippen LogP contribution in [0.2, 0.25) is 0 Å². The first-order chi connectivity index (χ1) is 12.5. The molecular weight excluding hydrogens is 328 g/mol. The molecule has 0 unspecified atom stereocenters. The molecule has 0 aliphatic carbocycles. The summed E-state index contributed by atoms with van der Waals surface area (Å²) in [6.45, 7) is 6.43. The summed E-state index contributed by atoms with van der Waals surface area (Å²) in [4.78, 5) is 26.5. The average molecular weight is 352 g/mol. The van der Waals surface area contributed by atoms with Crippen LogP contribution in [-0.4, -0.2) is 24.5 Å². The first kappa shape index (κ1) is 18.0. The maximum atomic E-state index is 12.4. The fourth-order valence-electron chi connectivity index (χ4n) is 2.89. The van der Waals surface area contributed by atoms with E-state index in [-0.39, 0.29) is 24.5 Å². The van der Waals surface area contributed by atoms with Crippen molar-refractivity contribution >= 4 is 17.5 Å². The molecule has 2 aromatic carbocycles. The van der Waals surface area contributed by atoms with Crippen LogP contribution in [0.15, 0.2) is 42.5 Å². The van der Waals surface area contributed by atoms with Crippen LogP contribution in [0.4, 0.5) is 5.69 Å². The quantitative estimate of drug-likeness (QED) is 0.897. The molecule has 1 N–H and O–H groups in total. The Bertz CT molecular complexity index is 832. The highest BCUT2D eigenvalue weighted by molar-refractivity contribution is 5.98. The van der Waals surface area contributed by atoms with Gasteiger partial charge in [-0.2, -0.15) is 0 Å². The molecule has 2 aromatic rings. The summed E-state index contributed by atoms with van der Waals surface area (Å²) in [5.41, 5.74) is 3.35. The zero-order valence-electron chi connectivity index (χ0n) is 15.4. The minimum absolute atomic E-state index is 0.0320. The van der Waals surface area contributed by atoms with Crippen molar-refractivity contribution in [1.29, 1.82) is 0 Å². The maximum Gasteiger partial charge on any atom is 0.265 e. The number of hydrogen-bond donors (Lipinski definition) is 1. The summed E-state index contributed by atoms with van der Waals surface area (Å²) < 4.78 is 5.52. The van der Waals surface area contributed by atoms with E-state index < -0.39 is 0 Å². The van der Waals surface area contributed by atoms with Gasteiger partial charge in [-0.1, -0.05) is 25.1 Å². The highest BCUT2D eigenvalue weighted by Crippen LogP contribution is 2.33. The third-order valence-corrected chi connectivity index (χ3v) is 4.58. The molecule has 1 heterocycles. The van der Waals surface area contributed by atoms with Gasteiger partial charge < -0.3 is 15.0 Å². The molecule has 0 radical (unpaired) electrons. The van der Waals surface area contributed by atoms with Gasteiger partial charge in [-0.15, -0.1) is 0 Å². The normalized spacial score (nSPS) is 14.4.